The highest BCUT2D eigenvalue weighted by atomic mass is 19.1. The third-order valence-corrected chi connectivity index (χ3v) is 4.41. The zero-order valence-corrected chi connectivity index (χ0v) is 17.6. The molecule has 0 spiro atoms. The van der Waals surface area contributed by atoms with Crippen LogP contribution in [-0.4, -0.2) is 34.9 Å². The molecule has 0 fully saturated rings. The molecule has 0 aliphatic rings. The van der Waals surface area contributed by atoms with Crippen LogP contribution in [-0.2, 0) is 16.1 Å². The van der Waals surface area contributed by atoms with Crippen LogP contribution in [0.4, 0.5) is 4.39 Å². The van der Waals surface area contributed by atoms with Gasteiger partial charge < -0.3 is 14.8 Å². The predicted octanol–water partition coefficient (Wildman–Crippen LogP) is 2.55. The number of nitrogens with zero attached hydrogens (tertiary/aromatic N) is 2. The number of amides is 1. The Morgan fingerprint density at radius 3 is 2.44 bits per heavy atom. The van der Waals surface area contributed by atoms with Gasteiger partial charge in [0, 0.05) is 6.54 Å². The normalized spacial score (nSPS) is 10.5. The average molecular weight is 439 g/mol. The molecule has 8 nitrogen and oxygen atoms in total. The monoisotopic (exact) mass is 439 g/mol. The summed E-state index contributed by atoms with van der Waals surface area (Å²) in [5.74, 6) is -1.93. The maximum absolute atomic E-state index is 13.2. The molecule has 0 unspecified atom stereocenters. The van der Waals surface area contributed by atoms with Crippen LogP contribution in [0.3, 0.4) is 0 Å². The second-order valence-corrected chi connectivity index (χ2v) is 6.86. The minimum absolute atomic E-state index is 0.0761. The third-order valence-electron chi connectivity index (χ3n) is 4.41. The first kappa shape index (κ1) is 22.7. The number of rotatable bonds is 8. The van der Waals surface area contributed by atoms with Gasteiger partial charge in [0.1, 0.15) is 5.82 Å². The van der Waals surface area contributed by atoms with Gasteiger partial charge in [0.2, 0.25) is 5.69 Å². The lowest BCUT2D eigenvalue weighted by atomic mass is 10.1. The van der Waals surface area contributed by atoms with Crippen molar-refractivity contribution in [2.75, 3.05) is 13.2 Å². The van der Waals surface area contributed by atoms with Gasteiger partial charge in [-0.15, -0.1) is 0 Å². The van der Waals surface area contributed by atoms with Crippen LogP contribution < -0.4 is 15.6 Å². The van der Waals surface area contributed by atoms with Gasteiger partial charge >= 0.3 is 5.97 Å². The Kier molecular flexibility index (Phi) is 7.33. The number of carbonyl (C=O) groups excluding carboxylic acids is 2. The summed E-state index contributed by atoms with van der Waals surface area (Å²) < 4.78 is 24.5. The van der Waals surface area contributed by atoms with Gasteiger partial charge in [-0.25, -0.2) is 9.18 Å². The van der Waals surface area contributed by atoms with Crippen molar-refractivity contribution in [3.63, 3.8) is 0 Å². The number of aromatic nitrogens is 2. The van der Waals surface area contributed by atoms with Crippen molar-refractivity contribution in [1.29, 1.82) is 0 Å². The molecular formula is C23H22FN3O5. The van der Waals surface area contributed by atoms with Gasteiger partial charge in [0.15, 0.2) is 12.4 Å². The Hall–Kier alpha value is -4.01. The third kappa shape index (κ3) is 5.78. The van der Waals surface area contributed by atoms with Crippen molar-refractivity contribution < 1.29 is 23.5 Å². The lowest BCUT2D eigenvalue weighted by Gasteiger charge is -2.12. The standard InChI is InChI=1S/C23H22FN3O5/c1-3-31-23(30)22-19(12-21(29)27(26-22)18-10-8-17(24)9-11-18)32-14-20(28)25-13-16-6-4-15(2)5-7-16/h4-12H,3,13-14H2,1-2H3,(H,25,28). The fourth-order valence-corrected chi connectivity index (χ4v) is 2.76. The van der Waals surface area contributed by atoms with Crippen LogP contribution in [0.15, 0.2) is 59.4 Å². The Bertz CT molecular complexity index is 1160. The first-order chi connectivity index (χ1) is 15.4. The molecule has 0 saturated carbocycles. The summed E-state index contributed by atoms with van der Waals surface area (Å²) in [6.07, 6.45) is 0. The maximum Gasteiger partial charge on any atom is 0.362 e. The van der Waals surface area contributed by atoms with E-state index in [4.69, 9.17) is 9.47 Å². The molecule has 1 aromatic heterocycles. The van der Waals surface area contributed by atoms with E-state index in [2.05, 4.69) is 10.4 Å². The Morgan fingerprint density at radius 2 is 1.78 bits per heavy atom. The smallest absolute Gasteiger partial charge is 0.362 e. The van der Waals surface area contributed by atoms with Crippen molar-refractivity contribution in [3.8, 4) is 11.4 Å². The van der Waals surface area contributed by atoms with E-state index in [1.54, 1.807) is 6.92 Å². The zero-order chi connectivity index (χ0) is 23.1. The van der Waals surface area contributed by atoms with E-state index in [9.17, 15) is 18.8 Å². The first-order valence-electron chi connectivity index (χ1n) is 9.90. The molecule has 2 aromatic carbocycles. The molecule has 0 aliphatic carbocycles. The highest BCUT2D eigenvalue weighted by Gasteiger charge is 2.20. The second kappa shape index (κ2) is 10.3. The number of hydrogen-bond acceptors (Lipinski definition) is 6. The summed E-state index contributed by atoms with van der Waals surface area (Å²) >= 11 is 0. The topological polar surface area (TPSA) is 99.5 Å². The summed E-state index contributed by atoms with van der Waals surface area (Å²) in [6.45, 7) is 3.53. The van der Waals surface area contributed by atoms with E-state index in [1.807, 2.05) is 31.2 Å². The molecule has 32 heavy (non-hydrogen) atoms. The molecule has 3 rings (SSSR count). The van der Waals surface area contributed by atoms with Crippen molar-refractivity contribution in [1.82, 2.24) is 15.1 Å². The Morgan fingerprint density at radius 1 is 1.09 bits per heavy atom. The van der Waals surface area contributed by atoms with E-state index in [0.29, 0.717) is 6.54 Å². The van der Waals surface area contributed by atoms with Crippen LogP contribution in [0.25, 0.3) is 5.69 Å². The lowest BCUT2D eigenvalue weighted by molar-refractivity contribution is -0.123. The summed E-state index contributed by atoms with van der Waals surface area (Å²) in [5, 5.41) is 6.72. The minimum atomic E-state index is -0.821. The summed E-state index contributed by atoms with van der Waals surface area (Å²) in [7, 11) is 0. The number of halogens is 1. The van der Waals surface area contributed by atoms with E-state index >= 15 is 0 Å². The zero-order valence-electron chi connectivity index (χ0n) is 17.6. The van der Waals surface area contributed by atoms with Crippen molar-refractivity contribution >= 4 is 11.9 Å². The fraction of sp³-hybridized carbons (Fsp3) is 0.217. The van der Waals surface area contributed by atoms with Crippen molar-refractivity contribution in [2.45, 2.75) is 20.4 Å². The van der Waals surface area contributed by atoms with E-state index in [0.717, 1.165) is 34.0 Å². The Balaban J connectivity index is 1.76. The second-order valence-electron chi connectivity index (χ2n) is 6.86. The molecule has 9 heteroatoms. The van der Waals surface area contributed by atoms with Gasteiger partial charge in [-0.05, 0) is 43.7 Å². The maximum atomic E-state index is 13.2. The van der Waals surface area contributed by atoms with Crippen LogP contribution >= 0.6 is 0 Å². The summed E-state index contributed by atoms with van der Waals surface area (Å²) in [6, 6.07) is 13.7. The molecular weight excluding hydrogens is 417 g/mol. The number of esters is 1. The fourth-order valence-electron chi connectivity index (χ4n) is 2.76. The molecule has 1 heterocycles. The van der Waals surface area contributed by atoms with Crippen molar-refractivity contribution in [3.05, 3.63) is 87.6 Å². The highest BCUT2D eigenvalue weighted by Crippen LogP contribution is 2.16. The van der Waals surface area contributed by atoms with Crippen LogP contribution in [0.5, 0.6) is 5.75 Å². The van der Waals surface area contributed by atoms with E-state index in [-0.39, 0.29) is 23.7 Å². The molecule has 0 radical (unpaired) electrons. The van der Waals surface area contributed by atoms with Gasteiger partial charge in [-0.3, -0.25) is 9.59 Å². The lowest BCUT2D eigenvalue weighted by Crippen LogP contribution is -2.30. The SMILES string of the molecule is CCOC(=O)c1nn(-c2ccc(F)cc2)c(=O)cc1OCC(=O)NCc1ccc(C)cc1. The van der Waals surface area contributed by atoms with Crippen LogP contribution in [0.2, 0.25) is 0 Å². The van der Waals surface area contributed by atoms with E-state index in [1.165, 1.54) is 12.1 Å². The number of carbonyl (C=O) groups is 2. The predicted molar refractivity (Wildman–Crippen MR) is 114 cm³/mol. The molecule has 0 aliphatic heterocycles. The number of aryl methyl sites for hydroxylation is 1. The molecule has 0 bridgehead atoms. The van der Waals surface area contributed by atoms with Crippen LogP contribution in [0, 0.1) is 12.7 Å². The van der Waals surface area contributed by atoms with Gasteiger partial charge in [-0.2, -0.15) is 9.78 Å². The minimum Gasteiger partial charge on any atom is -0.481 e. The molecule has 3 aromatic rings. The molecule has 166 valence electrons. The van der Waals surface area contributed by atoms with Gasteiger partial charge in [-0.1, -0.05) is 29.8 Å². The number of nitrogens with one attached hydrogen (secondary N) is 1. The van der Waals surface area contributed by atoms with Gasteiger partial charge in [0.05, 0.1) is 18.4 Å². The number of hydrogen-bond donors (Lipinski definition) is 1. The summed E-state index contributed by atoms with van der Waals surface area (Å²) in [4.78, 5) is 37.0. The molecule has 0 atom stereocenters. The summed E-state index contributed by atoms with van der Waals surface area (Å²) in [5.41, 5.74) is 1.38. The average Bonchev–Trinajstić information content (AvgIpc) is 2.78. The Labute approximate surface area is 183 Å². The van der Waals surface area contributed by atoms with E-state index < -0.39 is 29.9 Å². The molecule has 1 amide bonds. The van der Waals surface area contributed by atoms with Crippen molar-refractivity contribution in [2.24, 2.45) is 0 Å². The first-order valence-corrected chi connectivity index (χ1v) is 9.90. The van der Waals surface area contributed by atoms with Crippen LogP contribution in [0.1, 0.15) is 28.5 Å². The molecule has 1 N–H and O–H groups in total. The quantitative estimate of drug-likeness (QED) is 0.542. The number of benzene rings is 2. The number of ether oxygens (including phenoxy) is 2. The highest BCUT2D eigenvalue weighted by molar-refractivity contribution is 5.90. The molecule has 0 saturated heterocycles. The van der Waals surface area contributed by atoms with Gasteiger partial charge in [0.25, 0.3) is 11.5 Å². The largest absolute Gasteiger partial charge is 0.481 e.